The second-order valence-electron chi connectivity index (χ2n) is 3.62. The van der Waals surface area contributed by atoms with Crippen LogP contribution in [0, 0.1) is 17.5 Å². The highest BCUT2D eigenvalue weighted by Gasteiger charge is 2.13. The molecule has 0 bridgehead atoms. The average Bonchev–Trinajstić information content (AvgIpc) is 2.30. The molecule has 1 nitrogen and oxygen atoms in total. The Labute approximate surface area is 109 Å². The summed E-state index contributed by atoms with van der Waals surface area (Å²) >= 11 is 3.05. The third-order valence-corrected chi connectivity index (χ3v) is 2.76. The molecule has 0 radical (unpaired) electrons. The summed E-state index contributed by atoms with van der Waals surface area (Å²) in [4.78, 5) is 11.9. The van der Waals surface area contributed by atoms with Gasteiger partial charge in [-0.05, 0) is 36.4 Å². The van der Waals surface area contributed by atoms with Crippen LogP contribution in [0.5, 0.6) is 0 Å². The highest BCUT2D eigenvalue weighted by Crippen LogP contribution is 2.19. The van der Waals surface area contributed by atoms with Crippen molar-refractivity contribution in [3.05, 3.63) is 69.4 Å². The molecule has 0 aliphatic carbocycles. The molecule has 0 spiro atoms. The lowest BCUT2D eigenvalue weighted by Gasteiger charge is -2.03. The van der Waals surface area contributed by atoms with Crippen LogP contribution in [0.25, 0.3) is 0 Å². The maximum atomic E-state index is 13.1. The van der Waals surface area contributed by atoms with Crippen LogP contribution in [0.1, 0.15) is 15.9 Å². The molecule has 92 valence electrons. The summed E-state index contributed by atoms with van der Waals surface area (Å²) < 4.78 is 39.3. The van der Waals surface area contributed by atoms with Gasteiger partial charge in [-0.1, -0.05) is 15.9 Å². The van der Waals surface area contributed by atoms with Crippen molar-refractivity contribution >= 4 is 21.7 Å². The predicted octanol–water partition coefficient (Wildman–Crippen LogP) is 4.10. The van der Waals surface area contributed by atoms with E-state index in [-0.39, 0.29) is 11.1 Å². The summed E-state index contributed by atoms with van der Waals surface area (Å²) in [5.74, 6) is -3.31. The Morgan fingerprint density at radius 2 is 1.61 bits per heavy atom. The molecule has 0 aliphatic heterocycles. The maximum absolute atomic E-state index is 13.1. The largest absolute Gasteiger partial charge is 0.289 e. The standard InChI is InChI=1S/C13H6BrF3O/c14-9-3-8(4-10(15)6-9)13(18)7-1-2-11(16)12(17)5-7/h1-6H. The number of ketones is 1. The average molecular weight is 315 g/mol. The van der Waals surface area contributed by atoms with Gasteiger partial charge in [0.25, 0.3) is 0 Å². The fourth-order valence-electron chi connectivity index (χ4n) is 1.49. The topological polar surface area (TPSA) is 17.1 Å². The van der Waals surface area contributed by atoms with Crippen molar-refractivity contribution in [2.45, 2.75) is 0 Å². The van der Waals surface area contributed by atoms with E-state index in [4.69, 9.17) is 0 Å². The fourth-order valence-corrected chi connectivity index (χ4v) is 1.95. The van der Waals surface area contributed by atoms with Crippen LogP contribution in [0.3, 0.4) is 0 Å². The van der Waals surface area contributed by atoms with E-state index in [9.17, 15) is 18.0 Å². The lowest BCUT2D eigenvalue weighted by molar-refractivity contribution is 0.103. The second kappa shape index (κ2) is 4.94. The van der Waals surface area contributed by atoms with Crippen molar-refractivity contribution in [2.24, 2.45) is 0 Å². The summed E-state index contributed by atoms with van der Waals surface area (Å²) in [7, 11) is 0. The second-order valence-corrected chi connectivity index (χ2v) is 4.53. The number of hydrogen-bond donors (Lipinski definition) is 0. The molecule has 0 amide bonds. The Balaban J connectivity index is 2.44. The van der Waals surface area contributed by atoms with Gasteiger partial charge in [-0.3, -0.25) is 4.79 Å². The van der Waals surface area contributed by atoms with Crippen molar-refractivity contribution < 1.29 is 18.0 Å². The molecule has 2 rings (SSSR count). The van der Waals surface area contributed by atoms with E-state index < -0.39 is 23.2 Å². The minimum atomic E-state index is -1.11. The van der Waals surface area contributed by atoms with E-state index in [0.29, 0.717) is 4.47 Å². The molecule has 0 aliphatic rings. The molecule has 2 aromatic carbocycles. The van der Waals surface area contributed by atoms with E-state index in [0.717, 1.165) is 24.3 Å². The molecule has 0 atom stereocenters. The summed E-state index contributed by atoms with van der Waals surface area (Å²) in [6, 6.07) is 6.44. The monoisotopic (exact) mass is 314 g/mol. The first kappa shape index (κ1) is 12.8. The number of rotatable bonds is 2. The lowest BCUT2D eigenvalue weighted by atomic mass is 10.0. The molecule has 5 heteroatoms. The first-order valence-electron chi connectivity index (χ1n) is 4.93. The molecule has 0 unspecified atom stereocenters. The van der Waals surface area contributed by atoms with Crippen LogP contribution in [0.2, 0.25) is 0 Å². The Morgan fingerprint density at radius 3 is 2.22 bits per heavy atom. The Morgan fingerprint density at radius 1 is 0.889 bits per heavy atom. The van der Waals surface area contributed by atoms with E-state index in [1.165, 1.54) is 12.1 Å². The molecule has 0 saturated carbocycles. The molecular weight excluding hydrogens is 309 g/mol. The number of benzene rings is 2. The minimum Gasteiger partial charge on any atom is -0.289 e. The van der Waals surface area contributed by atoms with E-state index in [2.05, 4.69) is 15.9 Å². The van der Waals surface area contributed by atoms with Crippen molar-refractivity contribution in [2.75, 3.05) is 0 Å². The number of hydrogen-bond acceptors (Lipinski definition) is 1. The summed E-state index contributed by atoms with van der Waals surface area (Å²) in [6.07, 6.45) is 0. The highest BCUT2D eigenvalue weighted by molar-refractivity contribution is 9.10. The smallest absolute Gasteiger partial charge is 0.193 e. The van der Waals surface area contributed by atoms with Gasteiger partial charge >= 0.3 is 0 Å². The quantitative estimate of drug-likeness (QED) is 0.763. The third kappa shape index (κ3) is 2.61. The molecule has 0 N–H and O–H groups in total. The normalized spacial score (nSPS) is 10.4. The van der Waals surface area contributed by atoms with Crippen LogP contribution in [-0.4, -0.2) is 5.78 Å². The number of carbonyl (C=O) groups is 1. The minimum absolute atomic E-state index is 0.0357. The molecule has 0 aromatic heterocycles. The molecule has 18 heavy (non-hydrogen) atoms. The van der Waals surface area contributed by atoms with Gasteiger partial charge in [-0.25, -0.2) is 13.2 Å². The van der Waals surface area contributed by atoms with Crippen molar-refractivity contribution in [3.8, 4) is 0 Å². The van der Waals surface area contributed by atoms with Crippen LogP contribution in [-0.2, 0) is 0 Å². The van der Waals surface area contributed by atoms with Crippen molar-refractivity contribution in [1.82, 2.24) is 0 Å². The SMILES string of the molecule is O=C(c1cc(F)cc(Br)c1)c1ccc(F)c(F)c1. The first-order valence-corrected chi connectivity index (χ1v) is 5.72. The predicted molar refractivity (Wildman–Crippen MR) is 63.9 cm³/mol. The first-order chi connectivity index (χ1) is 8.47. The van der Waals surface area contributed by atoms with E-state index in [1.54, 1.807) is 0 Å². The van der Waals surface area contributed by atoms with Crippen LogP contribution >= 0.6 is 15.9 Å². The van der Waals surface area contributed by atoms with Gasteiger partial charge < -0.3 is 0 Å². The van der Waals surface area contributed by atoms with Crippen LogP contribution in [0.15, 0.2) is 40.9 Å². The molecular formula is C13H6BrF3O. The fraction of sp³-hybridized carbons (Fsp3) is 0. The van der Waals surface area contributed by atoms with Gasteiger partial charge in [0.15, 0.2) is 17.4 Å². The van der Waals surface area contributed by atoms with E-state index in [1.807, 2.05) is 0 Å². The van der Waals surface area contributed by atoms with Gasteiger partial charge in [0.2, 0.25) is 0 Å². The van der Waals surface area contributed by atoms with Gasteiger partial charge in [0.05, 0.1) is 0 Å². The maximum Gasteiger partial charge on any atom is 0.193 e. The van der Waals surface area contributed by atoms with Crippen molar-refractivity contribution in [3.63, 3.8) is 0 Å². The third-order valence-electron chi connectivity index (χ3n) is 2.31. The van der Waals surface area contributed by atoms with Gasteiger partial charge in [-0.15, -0.1) is 0 Å². The van der Waals surface area contributed by atoms with Gasteiger partial charge in [0.1, 0.15) is 5.82 Å². The summed E-state index contributed by atoms with van der Waals surface area (Å²) in [5.41, 5.74) is 0.0271. The lowest BCUT2D eigenvalue weighted by Crippen LogP contribution is -2.03. The number of halogens is 4. The Hall–Kier alpha value is -1.62. The molecule has 2 aromatic rings. The zero-order valence-corrected chi connectivity index (χ0v) is 10.5. The van der Waals surface area contributed by atoms with Gasteiger partial charge in [-0.2, -0.15) is 0 Å². The van der Waals surface area contributed by atoms with E-state index >= 15 is 0 Å². The highest BCUT2D eigenvalue weighted by atomic mass is 79.9. The van der Waals surface area contributed by atoms with Crippen LogP contribution < -0.4 is 0 Å². The van der Waals surface area contributed by atoms with Crippen molar-refractivity contribution in [1.29, 1.82) is 0 Å². The summed E-state index contributed by atoms with van der Waals surface area (Å²) in [6.45, 7) is 0. The summed E-state index contributed by atoms with van der Waals surface area (Å²) in [5, 5.41) is 0. The molecule has 0 saturated heterocycles. The van der Waals surface area contributed by atoms with Crippen LogP contribution in [0.4, 0.5) is 13.2 Å². The molecule has 0 heterocycles. The Kier molecular flexibility index (Phi) is 3.52. The molecule has 0 fully saturated rings. The number of carbonyl (C=O) groups excluding carboxylic acids is 1. The van der Waals surface area contributed by atoms with Gasteiger partial charge in [0, 0.05) is 15.6 Å². The Bertz CT molecular complexity index is 605. The zero-order valence-electron chi connectivity index (χ0n) is 8.88. The zero-order chi connectivity index (χ0) is 13.3.